The second kappa shape index (κ2) is 4.43. The Labute approximate surface area is 94.1 Å². The van der Waals surface area contributed by atoms with E-state index in [1.165, 1.54) is 0 Å². The largest absolute Gasteiger partial charge is 0.496 e. The van der Waals surface area contributed by atoms with E-state index in [1.54, 1.807) is 7.11 Å². The number of hydrogen-bond acceptors (Lipinski definition) is 4. The number of carbonyl (C=O) groups is 1. The van der Waals surface area contributed by atoms with E-state index < -0.39 is 0 Å². The van der Waals surface area contributed by atoms with Crippen molar-refractivity contribution in [1.29, 1.82) is 0 Å². The highest BCUT2D eigenvalue weighted by atomic mass is 16.7. The maximum absolute atomic E-state index is 10.6. The fourth-order valence-electron chi connectivity index (χ4n) is 1.88. The van der Waals surface area contributed by atoms with Crippen molar-refractivity contribution in [1.82, 2.24) is 0 Å². The summed E-state index contributed by atoms with van der Waals surface area (Å²) < 4.78 is 16.0. The van der Waals surface area contributed by atoms with Gasteiger partial charge in [-0.2, -0.15) is 0 Å². The van der Waals surface area contributed by atoms with Gasteiger partial charge in [-0.25, -0.2) is 0 Å². The number of aldehydes is 1. The van der Waals surface area contributed by atoms with Gasteiger partial charge in [-0.3, -0.25) is 0 Å². The van der Waals surface area contributed by atoms with Gasteiger partial charge >= 0.3 is 0 Å². The SMILES string of the molecule is COc1ccc2c(c1C(C)CC=O)OCO2. The van der Waals surface area contributed by atoms with Crippen LogP contribution in [0, 0.1) is 0 Å². The molecule has 1 aliphatic heterocycles. The first-order valence-electron chi connectivity index (χ1n) is 5.18. The predicted octanol–water partition coefficient (Wildman–Crippen LogP) is 2.12. The molecule has 4 heteroatoms. The molecule has 1 aromatic carbocycles. The van der Waals surface area contributed by atoms with Gasteiger partial charge < -0.3 is 19.0 Å². The van der Waals surface area contributed by atoms with Gasteiger partial charge in [0.25, 0.3) is 0 Å². The predicted molar refractivity (Wildman–Crippen MR) is 58.2 cm³/mol. The Kier molecular flexibility index (Phi) is 2.99. The van der Waals surface area contributed by atoms with Gasteiger partial charge in [0.2, 0.25) is 6.79 Å². The summed E-state index contributed by atoms with van der Waals surface area (Å²) in [6.45, 7) is 2.19. The number of ether oxygens (including phenoxy) is 3. The van der Waals surface area contributed by atoms with Crippen molar-refractivity contribution in [3.05, 3.63) is 17.7 Å². The highest BCUT2D eigenvalue weighted by molar-refractivity contribution is 5.59. The minimum Gasteiger partial charge on any atom is -0.496 e. The molecule has 16 heavy (non-hydrogen) atoms. The molecule has 2 rings (SSSR count). The van der Waals surface area contributed by atoms with Crippen molar-refractivity contribution >= 4 is 6.29 Å². The molecular formula is C12H14O4. The van der Waals surface area contributed by atoms with Crippen LogP contribution >= 0.6 is 0 Å². The molecule has 1 unspecified atom stereocenters. The molecular weight excluding hydrogens is 208 g/mol. The monoisotopic (exact) mass is 222 g/mol. The molecule has 1 heterocycles. The summed E-state index contributed by atoms with van der Waals surface area (Å²) in [4.78, 5) is 10.6. The third-order valence-electron chi connectivity index (χ3n) is 2.70. The third kappa shape index (κ3) is 1.71. The van der Waals surface area contributed by atoms with Gasteiger partial charge in [-0.15, -0.1) is 0 Å². The Morgan fingerprint density at radius 2 is 2.31 bits per heavy atom. The first-order chi connectivity index (χ1) is 7.77. The fraction of sp³-hybridized carbons (Fsp3) is 0.417. The molecule has 1 aromatic rings. The molecule has 86 valence electrons. The lowest BCUT2D eigenvalue weighted by Crippen LogP contribution is -2.01. The Balaban J connectivity index is 2.47. The zero-order valence-electron chi connectivity index (χ0n) is 9.36. The molecule has 0 amide bonds. The maximum atomic E-state index is 10.6. The number of benzene rings is 1. The van der Waals surface area contributed by atoms with Gasteiger partial charge in [0.15, 0.2) is 11.5 Å². The molecule has 1 atom stereocenters. The van der Waals surface area contributed by atoms with Crippen LogP contribution in [-0.2, 0) is 4.79 Å². The molecule has 1 aliphatic rings. The first-order valence-corrected chi connectivity index (χ1v) is 5.18. The maximum Gasteiger partial charge on any atom is 0.231 e. The van der Waals surface area contributed by atoms with E-state index in [0.717, 1.165) is 17.6 Å². The van der Waals surface area contributed by atoms with E-state index in [4.69, 9.17) is 14.2 Å². The van der Waals surface area contributed by atoms with Gasteiger partial charge in [-0.05, 0) is 18.1 Å². The second-order valence-corrected chi connectivity index (χ2v) is 3.72. The van der Waals surface area contributed by atoms with Crippen molar-refractivity contribution < 1.29 is 19.0 Å². The van der Waals surface area contributed by atoms with Gasteiger partial charge in [0.1, 0.15) is 12.0 Å². The highest BCUT2D eigenvalue weighted by Crippen LogP contribution is 2.45. The minimum absolute atomic E-state index is 0.0594. The summed E-state index contributed by atoms with van der Waals surface area (Å²) >= 11 is 0. The summed E-state index contributed by atoms with van der Waals surface area (Å²) in [6, 6.07) is 3.66. The summed E-state index contributed by atoms with van der Waals surface area (Å²) in [7, 11) is 1.61. The number of methoxy groups -OCH3 is 1. The van der Waals surface area contributed by atoms with Crippen molar-refractivity contribution in [2.24, 2.45) is 0 Å². The topological polar surface area (TPSA) is 44.8 Å². The van der Waals surface area contributed by atoms with Crippen LogP contribution in [0.15, 0.2) is 12.1 Å². The Morgan fingerprint density at radius 3 is 3.00 bits per heavy atom. The average molecular weight is 222 g/mol. The van der Waals surface area contributed by atoms with Crippen molar-refractivity contribution in [3.63, 3.8) is 0 Å². The highest BCUT2D eigenvalue weighted by Gasteiger charge is 2.24. The van der Waals surface area contributed by atoms with Crippen molar-refractivity contribution in [2.45, 2.75) is 19.3 Å². The Bertz CT molecular complexity index is 400. The molecule has 0 aliphatic carbocycles. The van der Waals surface area contributed by atoms with Crippen LogP contribution < -0.4 is 14.2 Å². The molecule has 4 nitrogen and oxygen atoms in total. The van der Waals surface area contributed by atoms with Gasteiger partial charge in [0, 0.05) is 12.0 Å². The van der Waals surface area contributed by atoms with E-state index in [2.05, 4.69) is 0 Å². The van der Waals surface area contributed by atoms with Gasteiger partial charge in [0.05, 0.1) is 7.11 Å². The number of rotatable bonds is 4. The lowest BCUT2D eigenvalue weighted by Gasteiger charge is -2.15. The Morgan fingerprint density at radius 1 is 1.50 bits per heavy atom. The first kappa shape index (κ1) is 10.8. The molecule has 0 spiro atoms. The van der Waals surface area contributed by atoms with Crippen LogP contribution in [0.1, 0.15) is 24.8 Å². The van der Waals surface area contributed by atoms with Crippen LogP contribution in [-0.4, -0.2) is 20.2 Å². The average Bonchev–Trinajstić information content (AvgIpc) is 2.75. The normalized spacial score (nSPS) is 14.6. The number of hydrogen-bond donors (Lipinski definition) is 0. The lowest BCUT2D eigenvalue weighted by molar-refractivity contribution is -0.108. The summed E-state index contributed by atoms with van der Waals surface area (Å²) in [6.07, 6.45) is 1.34. The fourth-order valence-corrected chi connectivity index (χ4v) is 1.88. The zero-order chi connectivity index (χ0) is 11.5. The molecule has 0 fully saturated rings. The molecule has 0 N–H and O–H groups in total. The molecule has 0 radical (unpaired) electrons. The molecule has 0 bridgehead atoms. The van der Waals surface area contributed by atoms with Crippen LogP contribution in [0.3, 0.4) is 0 Å². The number of carbonyl (C=O) groups excluding carboxylic acids is 1. The van der Waals surface area contributed by atoms with E-state index in [0.29, 0.717) is 17.9 Å². The van der Waals surface area contributed by atoms with E-state index in [9.17, 15) is 4.79 Å². The standard InChI is InChI=1S/C12H14O4/c1-8(5-6-13)11-9(14-2)3-4-10-12(11)16-7-15-10/h3-4,6,8H,5,7H2,1-2H3. The zero-order valence-corrected chi connectivity index (χ0v) is 9.36. The number of fused-ring (bicyclic) bond motifs is 1. The van der Waals surface area contributed by atoms with Crippen LogP contribution in [0.2, 0.25) is 0 Å². The molecule has 0 aromatic heterocycles. The third-order valence-corrected chi connectivity index (χ3v) is 2.70. The van der Waals surface area contributed by atoms with Gasteiger partial charge in [-0.1, -0.05) is 6.92 Å². The van der Waals surface area contributed by atoms with Crippen LogP contribution in [0.4, 0.5) is 0 Å². The molecule has 0 saturated carbocycles. The van der Waals surface area contributed by atoms with E-state index >= 15 is 0 Å². The van der Waals surface area contributed by atoms with E-state index in [1.807, 2.05) is 19.1 Å². The van der Waals surface area contributed by atoms with E-state index in [-0.39, 0.29) is 12.7 Å². The lowest BCUT2D eigenvalue weighted by atomic mass is 9.96. The van der Waals surface area contributed by atoms with Crippen LogP contribution in [0.25, 0.3) is 0 Å². The summed E-state index contributed by atoms with van der Waals surface area (Å²) in [5, 5.41) is 0. The summed E-state index contributed by atoms with van der Waals surface area (Å²) in [5.41, 5.74) is 0.907. The summed E-state index contributed by atoms with van der Waals surface area (Å²) in [5.74, 6) is 2.21. The van der Waals surface area contributed by atoms with Crippen molar-refractivity contribution in [2.75, 3.05) is 13.9 Å². The van der Waals surface area contributed by atoms with Crippen LogP contribution in [0.5, 0.6) is 17.2 Å². The van der Waals surface area contributed by atoms with Crippen molar-refractivity contribution in [3.8, 4) is 17.2 Å². The molecule has 0 saturated heterocycles. The quantitative estimate of drug-likeness (QED) is 0.732. The smallest absolute Gasteiger partial charge is 0.231 e. The minimum atomic E-state index is 0.0594. The Hall–Kier alpha value is -1.71. The second-order valence-electron chi connectivity index (χ2n) is 3.72.